The lowest BCUT2D eigenvalue weighted by Crippen LogP contribution is -2.27. The minimum atomic E-state index is -0.716. The Morgan fingerprint density at radius 2 is 1.57 bits per heavy atom. The van der Waals surface area contributed by atoms with Crippen LogP contribution in [0.25, 0.3) is 0 Å². The van der Waals surface area contributed by atoms with Crippen molar-refractivity contribution >= 4 is 29.3 Å². The molecule has 4 rings (SSSR count). The van der Waals surface area contributed by atoms with Gasteiger partial charge in [-0.3, -0.25) is 14.4 Å². The van der Waals surface area contributed by atoms with Crippen molar-refractivity contribution in [3.05, 3.63) is 83.9 Å². The summed E-state index contributed by atoms with van der Waals surface area (Å²) in [4.78, 5) is 51.3. The number of nitrogens with zero attached hydrogens (tertiary/aromatic N) is 1. The van der Waals surface area contributed by atoms with Gasteiger partial charge in [0.25, 0.3) is 0 Å². The molecule has 37 heavy (non-hydrogen) atoms. The summed E-state index contributed by atoms with van der Waals surface area (Å²) in [5, 5.41) is 0. The maximum absolute atomic E-state index is 12.6. The van der Waals surface area contributed by atoms with E-state index in [4.69, 9.17) is 18.9 Å². The van der Waals surface area contributed by atoms with Crippen molar-refractivity contribution in [3.63, 3.8) is 0 Å². The minimum Gasteiger partial charge on any atom is -0.497 e. The molecule has 0 aliphatic carbocycles. The first-order valence-corrected chi connectivity index (χ1v) is 11.5. The molecule has 1 aliphatic heterocycles. The number of anilines is 1. The Labute approximate surface area is 213 Å². The van der Waals surface area contributed by atoms with Crippen molar-refractivity contribution in [2.24, 2.45) is 5.92 Å². The molecule has 1 heterocycles. The molecule has 190 valence electrons. The predicted octanol–water partition coefficient (Wildman–Crippen LogP) is 3.70. The molecule has 1 atom stereocenters. The summed E-state index contributed by atoms with van der Waals surface area (Å²) < 4.78 is 21.1. The second-order valence-electron chi connectivity index (χ2n) is 8.25. The lowest BCUT2D eigenvalue weighted by atomic mass is 10.1. The fraction of sp³-hybridized carbons (Fsp3) is 0.214. The van der Waals surface area contributed by atoms with Crippen LogP contribution >= 0.6 is 0 Å². The highest BCUT2D eigenvalue weighted by atomic mass is 16.5. The topological polar surface area (TPSA) is 108 Å². The zero-order chi connectivity index (χ0) is 26.4. The summed E-state index contributed by atoms with van der Waals surface area (Å²) in [5.74, 6) is -1.25. The second-order valence-corrected chi connectivity index (χ2v) is 8.25. The standard InChI is InChI=1S/C28H25NO8/c1-34-22-12-13-23(25(15-22)35-2)29-16-20(14-26(29)31)27(32)36-17-24(30)18-8-10-21(11-9-18)37-28(33)19-6-4-3-5-7-19/h3-13,15,20H,14,16-17H2,1-2H3/t20-/m0/s1. The zero-order valence-electron chi connectivity index (χ0n) is 20.3. The van der Waals surface area contributed by atoms with Crippen LogP contribution in [-0.4, -0.2) is 51.0 Å². The summed E-state index contributed by atoms with van der Waals surface area (Å²) in [6, 6.07) is 19.5. The largest absolute Gasteiger partial charge is 0.497 e. The van der Waals surface area contributed by atoms with Gasteiger partial charge in [0.15, 0.2) is 12.4 Å². The maximum atomic E-state index is 12.6. The molecule has 1 aliphatic rings. The number of carbonyl (C=O) groups is 4. The molecular weight excluding hydrogens is 478 g/mol. The number of amides is 1. The fourth-order valence-corrected chi connectivity index (χ4v) is 3.89. The Bertz CT molecular complexity index is 1300. The molecule has 0 bridgehead atoms. The van der Waals surface area contributed by atoms with Crippen molar-refractivity contribution in [1.29, 1.82) is 0 Å². The van der Waals surface area contributed by atoms with E-state index in [0.29, 0.717) is 28.3 Å². The summed E-state index contributed by atoms with van der Waals surface area (Å²) in [5.41, 5.74) is 1.22. The number of ether oxygens (including phenoxy) is 4. The Balaban J connectivity index is 1.31. The van der Waals surface area contributed by atoms with E-state index in [1.807, 2.05) is 0 Å². The molecule has 0 N–H and O–H groups in total. The molecule has 9 nitrogen and oxygen atoms in total. The van der Waals surface area contributed by atoms with Crippen molar-refractivity contribution in [2.45, 2.75) is 6.42 Å². The Morgan fingerprint density at radius 3 is 2.24 bits per heavy atom. The Hall–Kier alpha value is -4.66. The highest BCUT2D eigenvalue weighted by molar-refractivity contribution is 6.02. The summed E-state index contributed by atoms with van der Waals surface area (Å²) >= 11 is 0. The van der Waals surface area contributed by atoms with Crippen molar-refractivity contribution in [2.75, 3.05) is 32.3 Å². The van der Waals surface area contributed by atoms with Crippen LogP contribution in [0.4, 0.5) is 5.69 Å². The molecule has 0 saturated carbocycles. The van der Waals surface area contributed by atoms with E-state index in [1.165, 1.54) is 43.4 Å². The predicted molar refractivity (Wildman–Crippen MR) is 133 cm³/mol. The van der Waals surface area contributed by atoms with Crippen LogP contribution in [0.15, 0.2) is 72.8 Å². The molecule has 3 aromatic carbocycles. The van der Waals surface area contributed by atoms with Crippen LogP contribution in [0.5, 0.6) is 17.2 Å². The van der Waals surface area contributed by atoms with Gasteiger partial charge in [-0.1, -0.05) is 18.2 Å². The third-order valence-electron chi connectivity index (χ3n) is 5.88. The monoisotopic (exact) mass is 503 g/mol. The van der Waals surface area contributed by atoms with E-state index in [1.54, 1.807) is 48.5 Å². The average Bonchev–Trinajstić information content (AvgIpc) is 3.33. The quantitative estimate of drug-likeness (QED) is 0.247. The van der Waals surface area contributed by atoms with Gasteiger partial charge in [0.05, 0.1) is 31.4 Å². The van der Waals surface area contributed by atoms with Crippen LogP contribution in [0.2, 0.25) is 0 Å². The first-order valence-electron chi connectivity index (χ1n) is 11.5. The van der Waals surface area contributed by atoms with Gasteiger partial charge in [0.2, 0.25) is 5.91 Å². The van der Waals surface area contributed by atoms with Gasteiger partial charge in [-0.2, -0.15) is 0 Å². The van der Waals surface area contributed by atoms with Crippen LogP contribution in [-0.2, 0) is 14.3 Å². The zero-order valence-corrected chi connectivity index (χ0v) is 20.3. The summed E-state index contributed by atoms with van der Waals surface area (Å²) in [7, 11) is 3.01. The number of esters is 2. The Morgan fingerprint density at radius 1 is 0.865 bits per heavy atom. The molecule has 0 spiro atoms. The molecule has 3 aromatic rings. The number of Topliss-reactive ketones (excluding diaryl/α,β-unsaturated/α-hetero) is 1. The van der Waals surface area contributed by atoms with Gasteiger partial charge >= 0.3 is 11.9 Å². The first-order chi connectivity index (χ1) is 17.9. The number of hydrogen-bond acceptors (Lipinski definition) is 8. The molecule has 0 unspecified atom stereocenters. The third-order valence-corrected chi connectivity index (χ3v) is 5.88. The number of rotatable bonds is 9. The lowest BCUT2D eigenvalue weighted by molar-refractivity contribution is -0.147. The molecule has 0 radical (unpaired) electrons. The molecule has 0 aromatic heterocycles. The van der Waals surface area contributed by atoms with Crippen LogP contribution < -0.4 is 19.1 Å². The molecule has 9 heteroatoms. The van der Waals surface area contributed by atoms with E-state index in [2.05, 4.69) is 0 Å². The summed E-state index contributed by atoms with van der Waals surface area (Å²) in [6.07, 6.45) is -0.0380. The SMILES string of the molecule is COc1ccc(N2C[C@@H](C(=O)OCC(=O)c3ccc(OC(=O)c4ccccc4)cc3)CC2=O)c(OC)c1. The van der Waals surface area contributed by atoms with E-state index >= 15 is 0 Å². The first kappa shape index (κ1) is 25.4. The number of methoxy groups -OCH3 is 2. The van der Waals surface area contributed by atoms with Gasteiger partial charge < -0.3 is 23.8 Å². The molecule has 1 saturated heterocycles. The number of hydrogen-bond donors (Lipinski definition) is 0. The van der Waals surface area contributed by atoms with E-state index in [0.717, 1.165) is 0 Å². The van der Waals surface area contributed by atoms with Gasteiger partial charge in [-0.25, -0.2) is 4.79 Å². The lowest BCUT2D eigenvalue weighted by Gasteiger charge is -2.20. The van der Waals surface area contributed by atoms with E-state index in [9.17, 15) is 19.2 Å². The number of carbonyl (C=O) groups excluding carboxylic acids is 4. The van der Waals surface area contributed by atoms with Gasteiger partial charge in [-0.05, 0) is 48.5 Å². The highest BCUT2D eigenvalue weighted by Gasteiger charge is 2.37. The fourth-order valence-electron chi connectivity index (χ4n) is 3.89. The molecule has 1 amide bonds. The molecular formula is C28H25NO8. The van der Waals surface area contributed by atoms with Crippen LogP contribution in [0.3, 0.4) is 0 Å². The van der Waals surface area contributed by atoms with Crippen molar-refractivity contribution in [3.8, 4) is 17.2 Å². The highest BCUT2D eigenvalue weighted by Crippen LogP contribution is 2.36. The van der Waals surface area contributed by atoms with E-state index in [-0.39, 0.29) is 24.6 Å². The minimum absolute atomic E-state index is 0.0380. The Kier molecular flexibility index (Phi) is 7.83. The van der Waals surface area contributed by atoms with Crippen LogP contribution in [0, 0.1) is 5.92 Å². The number of ketones is 1. The average molecular weight is 504 g/mol. The van der Waals surface area contributed by atoms with E-state index < -0.39 is 30.2 Å². The normalized spacial score (nSPS) is 14.7. The molecule has 1 fully saturated rings. The van der Waals surface area contributed by atoms with Gasteiger partial charge in [0.1, 0.15) is 17.2 Å². The van der Waals surface area contributed by atoms with Gasteiger partial charge in [-0.15, -0.1) is 0 Å². The number of benzene rings is 3. The maximum Gasteiger partial charge on any atom is 0.343 e. The van der Waals surface area contributed by atoms with Crippen molar-refractivity contribution < 1.29 is 38.1 Å². The second kappa shape index (κ2) is 11.4. The smallest absolute Gasteiger partial charge is 0.343 e. The van der Waals surface area contributed by atoms with Crippen molar-refractivity contribution in [1.82, 2.24) is 0 Å². The third kappa shape index (κ3) is 5.95. The van der Waals surface area contributed by atoms with Gasteiger partial charge in [0, 0.05) is 24.6 Å². The van der Waals surface area contributed by atoms with Crippen LogP contribution in [0.1, 0.15) is 27.1 Å². The summed E-state index contributed by atoms with van der Waals surface area (Å²) in [6.45, 7) is -0.367.